The normalized spacial score (nSPS) is 12.0. The summed E-state index contributed by atoms with van der Waals surface area (Å²) in [6, 6.07) is 43.9. The van der Waals surface area contributed by atoms with Crippen molar-refractivity contribution in [1.82, 2.24) is 0 Å². The van der Waals surface area contributed by atoms with Gasteiger partial charge in [-0.25, -0.2) is 9.59 Å². The highest BCUT2D eigenvalue weighted by Gasteiger charge is 2.20. The number of esters is 2. The lowest BCUT2D eigenvalue weighted by molar-refractivity contribution is 0.0724. The summed E-state index contributed by atoms with van der Waals surface area (Å²) in [5.41, 5.74) is 9.20. The van der Waals surface area contributed by atoms with E-state index in [1.807, 2.05) is 97.1 Å². The van der Waals surface area contributed by atoms with Crippen molar-refractivity contribution in [1.29, 1.82) is 0 Å². The van der Waals surface area contributed by atoms with Crippen molar-refractivity contribution in [3.05, 3.63) is 167 Å². The number of benzene rings is 6. The molecule has 0 atom stereocenters. The molecule has 0 radical (unpaired) electrons. The standard InChI is InChI=1S/C62H72O6/c1-3-5-7-9-11-13-15-17-43-65-55-35-27-49(28-36-55)51-31-39-57(40-32-51)67-61(63)59-45-47-19-23-53(59)25-21-48-20-24-54(26-22-47)60(46-48)62(64)68-58-41-33-52(34-42-58)50-29-37-56(38-30-50)66-44-18-16-14-12-10-8-6-4-2/h19-20,23-24,27-42,45-46H,3-18,21-22,25-26,43-44H2,1-2H3. The second-order valence-electron chi connectivity index (χ2n) is 18.5. The summed E-state index contributed by atoms with van der Waals surface area (Å²) in [4.78, 5) is 27.5. The first-order chi connectivity index (χ1) is 33.4. The molecule has 0 spiro atoms. The van der Waals surface area contributed by atoms with Gasteiger partial charge in [0.05, 0.1) is 24.3 Å². The van der Waals surface area contributed by atoms with Crippen LogP contribution in [0.25, 0.3) is 22.3 Å². The quantitative estimate of drug-likeness (QED) is 0.0307. The number of aryl methyl sites for hydroxylation is 4. The van der Waals surface area contributed by atoms with Crippen LogP contribution in [0.2, 0.25) is 0 Å². The van der Waals surface area contributed by atoms with Crippen molar-refractivity contribution in [2.45, 2.75) is 142 Å². The number of hydrogen-bond donors (Lipinski definition) is 0. The summed E-state index contributed by atoms with van der Waals surface area (Å²) >= 11 is 0. The Hall–Kier alpha value is -6.14. The topological polar surface area (TPSA) is 71.1 Å². The molecule has 4 aliphatic rings. The highest BCUT2D eigenvalue weighted by Crippen LogP contribution is 2.29. The van der Waals surface area contributed by atoms with E-state index in [0.717, 1.165) is 82.1 Å². The fourth-order valence-corrected chi connectivity index (χ4v) is 9.03. The zero-order valence-electron chi connectivity index (χ0n) is 40.7. The van der Waals surface area contributed by atoms with E-state index < -0.39 is 0 Å². The molecule has 0 amide bonds. The Bertz CT molecular complexity index is 2280. The summed E-state index contributed by atoms with van der Waals surface area (Å²) in [7, 11) is 0. The third-order valence-corrected chi connectivity index (χ3v) is 13.2. The van der Waals surface area contributed by atoms with Crippen LogP contribution in [-0.2, 0) is 25.7 Å². The van der Waals surface area contributed by atoms with Gasteiger partial charge in [-0.3, -0.25) is 0 Å². The SMILES string of the molecule is CCCCCCCCCCOc1ccc(-c2ccc(OC(=O)c3cc4ccc3CCc3ccc(c(C(=O)Oc5ccc(-c6ccc(OCCCCCCCCCC)cc6)cc5)c3)CC4)cc2)cc1. The Morgan fingerprint density at radius 1 is 0.353 bits per heavy atom. The second-order valence-corrected chi connectivity index (χ2v) is 18.5. The van der Waals surface area contributed by atoms with Gasteiger partial charge in [0.25, 0.3) is 0 Å². The van der Waals surface area contributed by atoms with Crippen LogP contribution in [-0.4, -0.2) is 25.2 Å². The number of carbonyl (C=O) groups is 2. The summed E-state index contributed by atoms with van der Waals surface area (Å²) in [5, 5.41) is 0. The first-order valence-corrected chi connectivity index (χ1v) is 25.8. The molecule has 6 heteroatoms. The minimum absolute atomic E-state index is 0.371. The Labute approximate surface area is 406 Å². The smallest absolute Gasteiger partial charge is 0.343 e. The van der Waals surface area contributed by atoms with Crippen molar-refractivity contribution in [2.75, 3.05) is 13.2 Å². The number of ether oxygens (including phenoxy) is 4. The number of hydrogen-bond acceptors (Lipinski definition) is 6. The molecule has 0 saturated carbocycles. The average molecular weight is 913 g/mol. The summed E-state index contributed by atoms with van der Waals surface area (Å²) in [6.45, 7) is 6.00. The molecular formula is C62H72O6. The predicted octanol–water partition coefficient (Wildman–Crippen LogP) is 16.4. The lowest BCUT2D eigenvalue weighted by Crippen LogP contribution is -2.15. The van der Waals surface area contributed by atoms with Crippen LogP contribution >= 0.6 is 0 Å². The summed E-state index contributed by atoms with van der Waals surface area (Å²) in [5.74, 6) is 2.02. The molecule has 0 fully saturated rings. The average Bonchev–Trinajstić information content (AvgIpc) is 3.37. The molecule has 356 valence electrons. The van der Waals surface area contributed by atoms with E-state index in [0.29, 0.717) is 48.3 Å². The van der Waals surface area contributed by atoms with Crippen LogP contribution in [0.1, 0.15) is 160 Å². The Kier molecular flexibility index (Phi) is 19.8. The van der Waals surface area contributed by atoms with Gasteiger partial charge in [0.1, 0.15) is 23.0 Å². The third kappa shape index (κ3) is 15.4. The van der Waals surface area contributed by atoms with Crippen LogP contribution in [0.3, 0.4) is 0 Å². The van der Waals surface area contributed by atoms with Crippen LogP contribution in [0.5, 0.6) is 23.0 Å². The Balaban J connectivity index is 0.881. The van der Waals surface area contributed by atoms with Gasteiger partial charge >= 0.3 is 11.9 Å². The van der Waals surface area contributed by atoms with E-state index in [2.05, 4.69) is 50.2 Å². The van der Waals surface area contributed by atoms with Crippen LogP contribution in [0.15, 0.2) is 133 Å². The second kappa shape index (κ2) is 27.0. The molecular weight excluding hydrogens is 841 g/mol. The van der Waals surface area contributed by atoms with E-state index in [1.165, 1.54) is 89.9 Å². The van der Waals surface area contributed by atoms with E-state index in [-0.39, 0.29) is 11.9 Å². The summed E-state index contributed by atoms with van der Waals surface area (Å²) < 4.78 is 24.0. The van der Waals surface area contributed by atoms with E-state index in [4.69, 9.17) is 18.9 Å². The van der Waals surface area contributed by atoms with E-state index in [9.17, 15) is 9.59 Å². The number of rotatable bonds is 26. The van der Waals surface area contributed by atoms with Crippen molar-refractivity contribution < 1.29 is 28.5 Å². The molecule has 4 bridgehead atoms. The fraction of sp³-hybridized carbons (Fsp3) is 0.387. The molecule has 0 heterocycles. The van der Waals surface area contributed by atoms with Crippen LogP contribution in [0, 0.1) is 0 Å². The minimum Gasteiger partial charge on any atom is -0.494 e. The van der Waals surface area contributed by atoms with Gasteiger partial charge in [-0.05, 0) is 144 Å². The number of carbonyl (C=O) groups excluding carboxylic acids is 2. The molecule has 10 rings (SSSR count). The molecule has 68 heavy (non-hydrogen) atoms. The first kappa shape index (κ1) is 49.8. The van der Waals surface area contributed by atoms with Crippen molar-refractivity contribution >= 4 is 11.9 Å². The zero-order chi connectivity index (χ0) is 47.2. The molecule has 6 aromatic rings. The maximum Gasteiger partial charge on any atom is 0.343 e. The largest absolute Gasteiger partial charge is 0.494 e. The monoisotopic (exact) mass is 913 g/mol. The molecule has 4 aliphatic carbocycles. The maximum atomic E-state index is 13.8. The highest BCUT2D eigenvalue weighted by molar-refractivity contribution is 5.94. The lowest BCUT2D eigenvalue weighted by Gasteiger charge is -2.16. The van der Waals surface area contributed by atoms with Crippen LogP contribution in [0.4, 0.5) is 0 Å². The molecule has 0 saturated heterocycles. The van der Waals surface area contributed by atoms with Gasteiger partial charge < -0.3 is 18.9 Å². The maximum absolute atomic E-state index is 13.8. The van der Waals surface area contributed by atoms with Crippen LogP contribution < -0.4 is 18.9 Å². The zero-order valence-corrected chi connectivity index (χ0v) is 40.7. The molecule has 0 aromatic heterocycles. The Morgan fingerprint density at radius 3 is 1.00 bits per heavy atom. The Morgan fingerprint density at radius 2 is 0.662 bits per heavy atom. The molecule has 6 aromatic carbocycles. The molecule has 6 nitrogen and oxygen atoms in total. The third-order valence-electron chi connectivity index (χ3n) is 13.2. The highest BCUT2D eigenvalue weighted by atomic mass is 16.5. The fourth-order valence-electron chi connectivity index (χ4n) is 9.03. The van der Waals surface area contributed by atoms with Crippen molar-refractivity contribution in [3.8, 4) is 45.3 Å². The van der Waals surface area contributed by atoms with Crippen molar-refractivity contribution in [2.24, 2.45) is 0 Å². The van der Waals surface area contributed by atoms with Gasteiger partial charge in [0.15, 0.2) is 0 Å². The van der Waals surface area contributed by atoms with Gasteiger partial charge in [-0.2, -0.15) is 0 Å². The first-order valence-electron chi connectivity index (χ1n) is 25.8. The van der Waals surface area contributed by atoms with Crippen molar-refractivity contribution in [3.63, 3.8) is 0 Å². The lowest BCUT2D eigenvalue weighted by atomic mass is 9.91. The van der Waals surface area contributed by atoms with Gasteiger partial charge in [-0.15, -0.1) is 0 Å². The minimum atomic E-state index is -0.371. The molecule has 0 unspecified atom stereocenters. The van der Waals surface area contributed by atoms with Gasteiger partial charge in [0.2, 0.25) is 0 Å². The molecule has 0 aliphatic heterocycles. The predicted molar refractivity (Wildman–Crippen MR) is 278 cm³/mol. The van der Waals surface area contributed by atoms with Gasteiger partial charge in [0, 0.05) is 0 Å². The van der Waals surface area contributed by atoms with E-state index in [1.54, 1.807) is 0 Å². The van der Waals surface area contributed by atoms with Gasteiger partial charge in [-0.1, -0.05) is 177 Å². The van der Waals surface area contributed by atoms with E-state index >= 15 is 0 Å². The summed E-state index contributed by atoms with van der Waals surface area (Å²) in [6.07, 6.45) is 23.0. The number of unbranched alkanes of at least 4 members (excludes halogenated alkanes) is 14. The molecule has 0 N–H and O–H groups in total.